The summed E-state index contributed by atoms with van der Waals surface area (Å²) < 4.78 is 0. The maximum absolute atomic E-state index is 2.54. The van der Waals surface area contributed by atoms with Crippen LogP contribution in [0.4, 0.5) is 4.70 Å². The van der Waals surface area contributed by atoms with Crippen molar-refractivity contribution in [2.75, 3.05) is 0 Å². The Morgan fingerprint density at radius 2 is 0.833 bits per heavy atom. The molecule has 0 aromatic heterocycles. The average molecular weight is 349 g/mol. The summed E-state index contributed by atoms with van der Waals surface area (Å²) >= 11 is 0. The lowest BCUT2D eigenvalue weighted by molar-refractivity contribution is 0.163. The Kier molecular flexibility index (Phi) is 25.4. The van der Waals surface area contributed by atoms with Crippen LogP contribution in [0.2, 0.25) is 0 Å². The summed E-state index contributed by atoms with van der Waals surface area (Å²) in [5.41, 5.74) is 0.615. The maximum Gasteiger partial charge on any atom is -0.0349 e. The standard InChI is InChI=1S/C17H32.2C2H6.2CH4.FH/c1-17(2,13-15-9-5-3-6-10-15)14-16-11-7-4-8-12-16;2*1-2;;;/h15-16H,3-14H2,1-2H3;2*1-2H3;2*1H4;1H. The monoisotopic (exact) mass is 348 g/mol. The first-order valence-corrected chi connectivity index (χ1v) is 10.2. The summed E-state index contributed by atoms with van der Waals surface area (Å²) in [6, 6.07) is 0. The van der Waals surface area contributed by atoms with E-state index < -0.39 is 0 Å². The van der Waals surface area contributed by atoms with E-state index in [1.807, 2.05) is 27.7 Å². The Bertz CT molecular complexity index is 188. The first-order chi connectivity index (χ1) is 10.2. The highest BCUT2D eigenvalue weighted by molar-refractivity contribution is 4.80. The molecule has 0 N–H and O–H groups in total. The smallest absolute Gasteiger partial charge is 0.0349 e. The molecular formula is C23H53F. The van der Waals surface area contributed by atoms with E-state index in [9.17, 15) is 0 Å². The summed E-state index contributed by atoms with van der Waals surface area (Å²) in [4.78, 5) is 0. The van der Waals surface area contributed by atoms with Crippen molar-refractivity contribution in [3.8, 4) is 0 Å². The summed E-state index contributed by atoms with van der Waals surface area (Å²) in [7, 11) is 0. The van der Waals surface area contributed by atoms with Gasteiger partial charge in [0.1, 0.15) is 0 Å². The summed E-state index contributed by atoms with van der Waals surface area (Å²) in [5.74, 6) is 2.12. The zero-order valence-electron chi connectivity index (χ0n) is 16.5. The number of rotatable bonds is 4. The van der Waals surface area contributed by atoms with Gasteiger partial charge in [0.2, 0.25) is 0 Å². The van der Waals surface area contributed by atoms with E-state index in [2.05, 4.69) is 13.8 Å². The van der Waals surface area contributed by atoms with Crippen molar-refractivity contribution in [1.82, 2.24) is 0 Å². The minimum absolute atomic E-state index is 0. The fourth-order valence-electron chi connectivity index (χ4n) is 4.43. The van der Waals surface area contributed by atoms with Gasteiger partial charge in [0.05, 0.1) is 0 Å². The quantitative estimate of drug-likeness (QED) is 0.474. The minimum atomic E-state index is 0. The lowest BCUT2D eigenvalue weighted by Crippen LogP contribution is -2.23. The molecule has 0 aromatic rings. The number of hydrogen-bond acceptors (Lipinski definition) is 0. The number of halogens is 1. The van der Waals surface area contributed by atoms with Crippen LogP contribution in [0.15, 0.2) is 0 Å². The molecule has 24 heavy (non-hydrogen) atoms. The lowest BCUT2D eigenvalue weighted by Gasteiger charge is -2.35. The molecule has 2 fully saturated rings. The van der Waals surface area contributed by atoms with Gasteiger partial charge in [0, 0.05) is 0 Å². The topological polar surface area (TPSA) is 0 Å². The first kappa shape index (κ1) is 31.7. The van der Waals surface area contributed by atoms with Gasteiger partial charge in [0.15, 0.2) is 0 Å². The molecule has 152 valence electrons. The Balaban J connectivity index is -0.000000266. The van der Waals surface area contributed by atoms with Gasteiger partial charge in [-0.25, -0.2) is 0 Å². The molecule has 0 heterocycles. The molecule has 2 aliphatic rings. The van der Waals surface area contributed by atoms with Crippen LogP contribution < -0.4 is 0 Å². The van der Waals surface area contributed by atoms with Crippen LogP contribution >= 0.6 is 0 Å². The van der Waals surface area contributed by atoms with Crippen LogP contribution in [0.1, 0.15) is 133 Å². The largest absolute Gasteiger partial charge is 0.269 e. The predicted octanol–water partition coefficient (Wildman–Crippen LogP) is 9.43. The van der Waals surface area contributed by atoms with Crippen molar-refractivity contribution in [3.05, 3.63) is 0 Å². The maximum atomic E-state index is 2.54. The second-order valence-electron chi connectivity index (χ2n) is 7.58. The molecule has 0 amide bonds. The van der Waals surface area contributed by atoms with E-state index in [0.717, 1.165) is 11.8 Å². The van der Waals surface area contributed by atoms with Crippen LogP contribution in [0.3, 0.4) is 0 Å². The molecule has 0 saturated heterocycles. The molecule has 0 unspecified atom stereocenters. The molecule has 1 heteroatoms. The Morgan fingerprint density at radius 3 is 1.08 bits per heavy atom. The highest BCUT2D eigenvalue weighted by atomic mass is 19.0. The Hall–Kier alpha value is -0.0700. The van der Waals surface area contributed by atoms with Crippen LogP contribution in [-0.2, 0) is 0 Å². The molecule has 0 nitrogen and oxygen atoms in total. The molecule has 2 aliphatic carbocycles. The molecule has 0 radical (unpaired) electrons. The summed E-state index contributed by atoms with van der Waals surface area (Å²) in [5, 5.41) is 0. The lowest BCUT2D eigenvalue weighted by atomic mass is 9.70. The third kappa shape index (κ3) is 14.3. The van der Waals surface area contributed by atoms with Crippen LogP contribution in [-0.4, -0.2) is 0 Å². The van der Waals surface area contributed by atoms with E-state index in [4.69, 9.17) is 0 Å². The molecule has 0 aliphatic heterocycles. The van der Waals surface area contributed by atoms with Crippen molar-refractivity contribution in [2.45, 2.75) is 133 Å². The SMILES string of the molecule is C.C.CC.CC.CC(C)(CC1CCCCC1)CC1CCCCC1.F. The van der Waals surface area contributed by atoms with E-state index in [-0.39, 0.29) is 19.6 Å². The molecule has 2 rings (SSSR count). The molecule has 0 bridgehead atoms. The minimum Gasteiger partial charge on any atom is -0.269 e. The highest BCUT2D eigenvalue weighted by Gasteiger charge is 2.28. The first-order valence-electron chi connectivity index (χ1n) is 10.2. The average Bonchev–Trinajstić information content (AvgIpc) is 2.52. The van der Waals surface area contributed by atoms with Gasteiger partial charge >= 0.3 is 0 Å². The Labute approximate surface area is 156 Å². The van der Waals surface area contributed by atoms with Crippen molar-refractivity contribution in [1.29, 1.82) is 0 Å². The van der Waals surface area contributed by atoms with Crippen molar-refractivity contribution in [2.24, 2.45) is 17.3 Å². The van der Waals surface area contributed by atoms with E-state index in [1.54, 1.807) is 0 Å². The highest BCUT2D eigenvalue weighted by Crippen LogP contribution is 2.41. The van der Waals surface area contributed by atoms with Gasteiger partial charge in [-0.05, 0) is 30.1 Å². The van der Waals surface area contributed by atoms with Gasteiger partial charge in [-0.2, -0.15) is 0 Å². The van der Waals surface area contributed by atoms with Gasteiger partial charge in [-0.1, -0.05) is 121 Å². The second kappa shape index (κ2) is 19.3. The molecule has 0 atom stereocenters. The molecular weight excluding hydrogens is 295 g/mol. The van der Waals surface area contributed by atoms with Gasteiger partial charge in [0.25, 0.3) is 0 Å². The van der Waals surface area contributed by atoms with E-state index >= 15 is 0 Å². The summed E-state index contributed by atoms with van der Waals surface area (Å²) in [6.45, 7) is 13.1. The third-order valence-corrected chi connectivity index (χ3v) is 5.13. The van der Waals surface area contributed by atoms with Crippen molar-refractivity contribution >= 4 is 0 Å². The van der Waals surface area contributed by atoms with Gasteiger partial charge in [-0.15, -0.1) is 0 Å². The Morgan fingerprint density at radius 1 is 0.583 bits per heavy atom. The van der Waals surface area contributed by atoms with Crippen molar-refractivity contribution in [3.63, 3.8) is 0 Å². The van der Waals surface area contributed by atoms with Gasteiger partial charge in [-0.3, -0.25) is 4.70 Å². The zero-order chi connectivity index (χ0) is 16.1. The van der Waals surface area contributed by atoms with Crippen LogP contribution in [0, 0.1) is 17.3 Å². The summed E-state index contributed by atoms with van der Waals surface area (Å²) in [6.07, 6.45) is 18.1. The normalized spacial score (nSPS) is 18.2. The van der Waals surface area contributed by atoms with Crippen LogP contribution in [0.25, 0.3) is 0 Å². The fraction of sp³-hybridized carbons (Fsp3) is 1.00. The fourth-order valence-corrected chi connectivity index (χ4v) is 4.43. The van der Waals surface area contributed by atoms with Crippen LogP contribution in [0.5, 0.6) is 0 Å². The number of hydrogen-bond donors (Lipinski definition) is 0. The molecule has 0 aromatic carbocycles. The molecule has 2 saturated carbocycles. The predicted molar refractivity (Wildman–Crippen MR) is 115 cm³/mol. The second-order valence-corrected chi connectivity index (χ2v) is 7.58. The van der Waals surface area contributed by atoms with E-state index in [1.165, 1.54) is 77.0 Å². The molecule has 0 spiro atoms. The van der Waals surface area contributed by atoms with E-state index in [0.29, 0.717) is 5.41 Å². The van der Waals surface area contributed by atoms with Gasteiger partial charge < -0.3 is 0 Å². The third-order valence-electron chi connectivity index (χ3n) is 5.13. The van der Waals surface area contributed by atoms with Crippen molar-refractivity contribution < 1.29 is 4.70 Å². The zero-order valence-corrected chi connectivity index (χ0v) is 16.5.